The zero-order chi connectivity index (χ0) is 23.8. The molecule has 3 unspecified atom stereocenters. The van der Waals surface area contributed by atoms with Gasteiger partial charge in [-0.05, 0) is 67.8 Å². The summed E-state index contributed by atoms with van der Waals surface area (Å²) in [7, 11) is 0. The molecule has 0 radical (unpaired) electrons. The number of hydrogen-bond donors (Lipinski definition) is 1. The van der Waals surface area contributed by atoms with Crippen LogP contribution in [-0.4, -0.2) is 39.5 Å². The Labute approximate surface area is 204 Å². The Kier molecular flexibility index (Phi) is 6.38. The molecular weight excluding hydrogens is 446 g/mol. The van der Waals surface area contributed by atoms with Crippen molar-refractivity contribution in [2.75, 3.05) is 0 Å². The van der Waals surface area contributed by atoms with Crippen LogP contribution in [0, 0.1) is 5.92 Å². The van der Waals surface area contributed by atoms with Crippen LogP contribution in [0.4, 0.5) is 0 Å². The lowest BCUT2D eigenvalue weighted by molar-refractivity contribution is -0.128. The van der Waals surface area contributed by atoms with Gasteiger partial charge < -0.3 is 19.5 Å². The molecule has 3 atom stereocenters. The first-order valence-electron chi connectivity index (χ1n) is 12.3. The van der Waals surface area contributed by atoms with Gasteiger partial charge in [0, 0.05) is 12.6 Å². The molecule has 1 aliphatic heterocycles. The molecule has 7 heteroatoms. The highest BCUT2D eigenvalue weighted by Gasteiger charge is 2.39. The Morgan fingerprint density at radius 1 is 1.18 bits per heavy atom. The standard InChI is InChI=1S/C27H33N3O3S/c1-17(2)33-20-10-8-19(9-11-20)15-30-24(26(31)28-21-7-5-4-6-18(21)3)16-29-22-12-13-34-25(22)14-23(29)27(30)32/h8-14,17-18,21,24H,4-7,15-16H2,1-3H3,(H,28,31). The molecule has 1 aliphatic carbocycles. The van der Waals surface area contributed by atoms with Crippen LogP contribution in [0.3, 0.4) is 0 Å². The average molecular weight is 480 g/mol. The molecule has 1 saturated carbocycles. The SMILES string of the molecule is CC(C)Oc1ccc(CN2C(=O)c3cc4sccc4n3CC2C(=O)NC2CCCCC2C)cc1. The summed E-state index contributed by atoms with van der Waals surface area (Å²) in [6.45, 7) is 7.07. The van der Waals surface area contributed by atoms with Gasteiger partial charge in [0.15, 0.2) is 0 Å². The number of thiophene rings is 1. The maximum atomic E-state index is 13.7. The zero-order valence-corrected chi connectivity index (χ0v) is 20.9. The Morgan fingerprint density at radius 3 is 2.68 bits per heavy atom. The highest BCUT2D eigenvalue weighted by Crippen LogP contribution is 2.32. The van der Waals surface area contributed by atoms with Crippen molar-refractivity contribution in [1.82, 2.24) is 14.8 Å². The maximum absolute atomic E-state index is 13.7. The second kappa shape index (κ2) is 9.45. The number of ether oxygens (including phenoxy) is 1. The van der Waals surface area contributed by atoms with Crippen molar-refractivity contribution in [2.24, 2.45) is 5.92 Å². The number of nitrogens with one attached hydrogen (secondary N) is 1. The fourth-order valence-corrected chi connectivity index (χ4v) is 6.09. The molecule has 5 rings (SSSR count). The number of fused-ring (bicyclic) bond motifs is 3. The summed E-state index contributed by atoms with van der Waals surface area (Å²) < 4.78 is 8.87. The summed E-state index contributed by atoms with van der Waals surface area (Å²) in [5.41, 5.74) is 2.68. The number of rotatable bonds is 6. The van der Waals surface area contributed by atoms with Gasteiger partial charge >= 0.3 is 0 Å². The maximum Gasteiger partial charge on any atom is 0.271 e. The first-order chi connectivity index (χ1) is 16.4. The van der Waals surface area contributed by atoms with E-state index in [0.717, 1.165) is 40.8 Å². The molecule has 6 nitrogen and oxygen atoms in total. The molecule has 2 aliphatic rings. The van der Waals surface area contributed by atoms with Crippen LogP contribution < -0.4 is 10.1 Å². The second-order valence-corrected chi connectivity index (χ2v) is 10.9. The van der Waals surface area contributed by atoms with E-state index in [-0.39, 0.29) is 24.0 Å². The van der Waals surface area contributed by atoms with E-state index in [4.69, 9.17) is 4.74 Å². The topological polar surface area (TPSA) is 63.6 Å². The van der Waals surface area contributed by atoms with Gasteiger partial charge in [-0.2, -0.15) is 0 Å². The Bertz CT molecular complexity index is 1180. The van der Waals surface area contributed by atoms with Gasteiger partial charge in [-0.3, -0.25) is 9.59 Å². The van der Waals surface area contributed by atoms with Crippen LogP contribution in [0.15, 0.2) is 41.8 Å². The Hall–Kier alpha value is -2.80. The molecule has 2 aromatic heterocycles. The van der Waals surface area contributed by atoms with E-state index in [1.165, 1.54) is 6.42 Å². The van der Waals surface area contributed by atoms with Crippen LogP contribution in [0.2, 0.25) is 0 Å². The molecule has 1 fully saturated rings. The summed E-state index contributed by atoms with van der Waals surface area (Å²) in [5.74, 6) is 1.13. The third kappa shape index (κ3) is 4.45. The summed E-state index contributed by atoms with van der Waals surface area (Å²) >= 11 is 1.63. The van der Waals surface area contributed by atoms with E-state index in [1.54, 1.807) is 16.2 Å². The van der Waals surface area contributed by atoms with Crippen LogP contribution in [0.25, 0.3) is 10.2 Å². The minimum Gasteiger partial charge on any atom is -0.491 e. The lowest BCUT2D eigenvalue weighted by Gasteiger charge is -2.38. The van der Waals surface area contributed by atoms with Gasteiger partial charge in [-0.1, -0.05) is 31.9 Å². The van der Waals surface area contributed by atoms with Crippen molar-refractivity contribution in [3.63, 3.8) is 0 Å². The monoisotopic (exact) mass is 479 g/mol. The average Bonchev–Trinajstić information content (AvgIpc) is 3.40. The van der Waals surface area contributed by atoms with E-state index in [2.05, 4.69) is 12.2 Å². The largest absolute Gasteiger partial charge is 0.491 e. The Balaban J connectivity index is 1.43. The molecule has 1 aromatic carbocycles. The van der Waals surface area contributed by atoms with Crippen molar-refractivity contribution in [1.29, 1.82) is 0 Å². The van der Waals surface area contributed by atoms with Crippen LogP contribution in [0.5, 0.6) is 5.75 Å². The minimum atomic E-state index is -0.545. The second-order valence-electron chi connectivity index (χ2n) is 9.95. The van der Waals surface area contributed by atoms with Gasteiger partial charge in [-0.15, -0.1) is 11.3 Å². The van der Waals surface area contributed by atoms with Gasteiger partial charge in [0.2, 0.25) is 5.91 Å². The van der Waals surface area contributed by atoms with Crippen molar-refractivity contribution in [3.8, 4) is 5.75 Å². The number of carbonyl (C=O) groups is 2. The van der Waals surface area contributed by atoms with Gasteiger partial charge in [0.25, 0.3) is 5.91 Å². The smallest absolute Gasteiger partial charge is 0.271 e. The van der Waals surface area contributed by atoms with Crippen LogP contribution >= 0.6 is 11.3 Å². The molecule has 180 valence electrons. The molecule has 0 saturated heterocycles. The molecule has 0 bridgehead atoms. The summed E-state index contributed by atoms with van der Waals surface area (Å²) in [4.78, 5) is 29.0. The zero-order valence-electron chi connectivity index (χ0n) is 20.1. The van der Waals surface area contributed by atoms with Gasteiger partial charge in [-0.25, -0.2) is 0 Å². The van der Waals surface area contributed by atoms with E-state index >= 15 is 0 Å². The minimum absolute atomic E-state index is 0.0467. The summed E-state index contributed by atoms with van der Waals surface area (Å²) in [6, 6.07) is 11.5. The van der Waals surface area contributed by atoms with Crippen molar-refractivity contribution >= 4 is 33.4 Å². The van der Waals surface area contributed by atoms with Crippen molar-refractivity contribution < 1.29 is 14.3 Å². The number of nitrogens with zero attached hydrogens (tertiary/aromatic N) is 2. The van der Waals surface area contributed by atoms with Crippen molar-refractivity contribution in [2.45, 2.75) is 77.7 Å². The molecule has 0 spiro atoms. The lowest BCUT2D eigenvalue weighted by atomic mass is 9.86. The third-order valence-corrected chi connectivity index (χ3v) is 7.98. The fourth-order valence-electron chi connectivity index (χ4n) is 5.27. The third-order valence-electron chi connectivity index (χ3n) is 7.12. The molecular formula is C27H33N3O3S. The molecule has 34 heavy (non-hydrogen) atoms. The number of hydrogen-bond acceptors (Lipinski definition) is 4. The van der Waals surface area contributed by atoms with E-state index in [0.29, 0.717) is 24.7 Å². The molecule has 3 aromatic rings. The van der Waals surface area contributed by atoms with E-state index < -0.39 is 6.04 Å². The predicted octanol–water partition coefficient (Wildman–Crippen LogP) is 5.21. The van der Waals surface area contributed by atoms with E-state index in [9.17, 15) is 9.59 Å². The lowest BCUT2D eigenvalue weighted by Crippen LogP contribution is -2.57. The molecule has 3 heterocycles. The first kappa shape index (κ1) is 23.0. The van der Waals surface area contributed by atoms with Gasteiger partial charge in [0.1, 0.15) is 17.5 Å². The molecule has 1 N–H and O–H groups in total. The predicted molar refractivity (Wildman–Crippen MR) is 135 cm³/mol. The fraction of sp³-hybridized carbons (Fsp3) is 0.481. The first-order valence-corrected chi connectivity index (χ1v) is 13.2. The van der Waals surface area contributed by atoms with Gasteiger partial charge in [0.05, 0.1) is 22.9 Å². The normalized spacial score (nSPS) is 22.8. The quantitative estimate of drug-likeness (QED) is 0.528. The number of benzene rings is 1. The van der Waals surface area contributed by atoms with Crippen LogP contribution in [-0.2, 0) is 17.9 Å². The number of aromatic nitrogens is 1. The number of carbonyl (C=O) groups excluding carboxylic acids is 2. The molecule has 2 amide bonds. The highest BCUT2D eigenvalue weighted by molar-refractivity contribution is 7.17. The van der Waals surface area contributed by atoms with Crippen LogP contribution in [0.1, 0.15) is 62.5 Å². The van der Waals surface area contributed by atoms with E-state index in [1.807, 2.05) is 60.2 Å². The van der Waals surface area contributed by atoms with Crippen molar-refractivity contribution in [3.05, 3.63) is 53.0 Å². The summed E-state index contributed by atoms with van der Waals surface area (Å²) in [6.07, 6.45) is 4.62. The summed E-state index contributed by atoms with van der Waals surface area (Å²) in [5, 5.41) is 5.34. The highest BCUT2D eigenvalue weighted by atomic mass is 32.1. The Morgan fingerprint density at radius 2 is 1.94 bits per heavy atom. The number of amides is 2.